The van der Waals surface area contributed by atoms with E-state index in [1.807, 2.05) is 56.4 Å². The number of hydrogen-bond acceptors (Lipinski definition) is 4. The van der Waals surface area contributed by atoms with E-state index in [1.54, 1.807) is 23.0 Å². The molecular weight excluding hydrogens is 354 g/mol. The van der Waals surface area contributed by atoms with E-state index in [2.05, 4.69) is 10.4 Å². The van der Waals surface area contributed by atoms with Gasteiger partial charge in [0, 0.05) is 30.2 Å². The molecule has 0 bridgehead atoms. The molecule has 0 spiro atoms. The Balaban J connectivity index is 1.38. The summed E-state index contributed by atoms with van der Waals surface area (Å²) in [5, 5.41) is 9.18. The van der Waals surface area contributed by atoms with E-state index < -0.39 is 0 Å². The van der Waals surface area contributed by atoms with Crippen LogP contribution in [0, 0.1) is 6.92 Å². The summed E-state index contributed by atoms with van der Waals surface area (Å²) in [5.41, 5.74) is 1.99. The van der Waals surface area contributed by atoms with Crippen molar-refractivity contribution in [2.75, 3.05) is 0 Å². The molecule has 6 heteroatoms. The van der Waals surface area contributed by atoms with Crippen LogP contribution in [-0.4, -0.2) is 15.7 Å². The van der Waals surface area contributed by atoms with Crippen LogP contribution in [0.2, 0.25) is 0 Å². The van der Waals surface area contributed by atoms with Gasteiger partial charge in [0.05, 0.1) is 6.20 Å². The maximum absolute atomic E-state index is 12.3. The lowest BCUT2D eigenvalue weighted by atomic mass is 10.1. The zero-order valence-electron chi connectivity index (χ0n) is 15.8. The number of aromatic nitrogens is 2. The summed E-state index contributed by atoms with van der Waals surface area (Å²) in [5.74, 6) is 1.38. The van der Waals surface area contributed by atoms with Crippen LogP contribution in [0.3, 0.4) is 0 Å². The van der Waals surface area contributed by atoms with Crippen molar-refractivity contribution in [1.82, 2.24) is 15.1 Å². The van der Waals surface area contributed by atoms with Crippen molar-refractivity contribution in [3.63, 3.8) is 0 Å². The standard InChI is InChI=1S/C22H21N3O3/c1-15-17(13-24-25(15)2)12-23-22(26)21-11-10-18(28-21)14-27-20-9-5-7-16-6-3-4-8-19(16)20/h3-11,13H,12,14H2,1-2H3,(H,23,26). The van der Waals surface area contributed by atoms with E-state index >= 15 is 0 Å². The monoisotopic (exact) mass is 375 g/mol. The SMILES string of the molecule is Cc1c(CNC(=O)c2ccc(COc3cccc4ccccc34)o2)cnn1C. The number of amides is 1. The topological polar surface area (TPSA) is 69.3 Å². The predicted octanol–water partition coefficient (Wildman–Crippen LogP) is 3.98. The Bertz CT molecular complexity index is 1120. The Morgan fingerprint density at radius 1 is 1.14 bits per heavy atom. The van der Waals surface area contributed by atoms with Crippen molar-refractivity contribution < 1.29 is 13.9 Å². The Hall–Kier alpha value is -3.54. The highest BCUT2D eigenvalue weighted by atomic mass is 16.5. The number of nitrogens with zero attached hydrogens (tertiary/aromatic N) is 2. The molecule has 0 atom stereocenters. The van der Waals surface area contributed by atoms with Gasteiger partial charge in [-0.2, -0.15) is 5.10 Å². The maximum atomic E-state index is 12.3. The number of carbonyl (C=O) groups excluding carboxylic acids is 1. The van der Waals surface area contributed by atoms with Gasteiger partial charge in [-0.05, 0) is 30.5 Å². The molecule has 0 radical (unpaired) electrons. The molecule has 2 heterocycles. The summed E-state index contributed by atoms with van der Waals surface area (Å²) in [6.07, 6.45) is 1.75. The molecule has 4 rings (SSSR count). The van der Waals surface area contributed by atoms with Gasteiger partial charge in [-0.1, -0.05) is 36.4 Å². The van der Waals surface area contributed by atoms with E-state index in [4.69, 9.17) is 9.15 Å². The fraction of sp³-hybridized carbons (Fsp3) is 0.182. The second kappa shape index (κ2) is 7.60. The van der Waals surface area contributed by atoms with Crippen LogP contribution in [0.5, 0.6) is 5.75 Å². The third-order valence-electron chi connectivity index (χ3n) is 4.78. The van der Waals surface area contributed by atoms with Crippen molar-refractivity contribution in [3.05, 3.63) is 83.6 Å². The van der Waals surface area contributed by atoms with E-state index in [0.29, 0.717) is 12.3 Å². The van der Waals surface area contributed by atoms with Crippen molar-refractivity contribution in [2.24, 2.45) is 7.05 Å². The summed E-state index contributed by atoms with van der Waals surface area (Å²) in [6.45, 7) is 2.62. The predicted molar refractivity (Wildman–Crippen MR) is 106 cm³/mol. The van der Waals surface area contributed by atoms with E-state index in [0.717, 1.165) is 27.8 Å². The quantitative estimate of drug-likeness (QED) is 0.553. The van der Waals surface area contributed by atoms with E-state index in [1.165, 1.54) is 0 Å². The normalized spacial score (nSPS) is 10.9. The van der Waals surface area contributed by atoms with Crippen LogP contribution in [0.25, 0.3) is 10.8 Å². The summed E-state index contributed by atoms with van der Waals surface area (Å²) in [7, 11) is 1.87. The number of benzene rings is 2. The molecule has 28 heavy (non-hydrogen) atoms. The van der Waals surface area contributed by atoms with Gasteiger partial charge in [-0.25, -0.2) is 0 Å². The summed E-state index contributed by atoms with van der Waals surface area (Å²) in [6, 6.07) is 17.4. The lowest BCUT2D eigenvalue weighted by Crippen LogP contribution is -2.22. The fourth-order valence-corrected chi connectivity index (χ4v) is 3.03. The van der Waals surface area contributed by atoms with Crippen LogP contribution >= 0.6 is 0 Å². The largest absolute Gasteiger partial charge is 0.485 e. The smallest absolute Gasteiger partial charge is 0.287 e. The van der Waals surface area contributed by atoms with Crippen molar-refractivity contribution in [2.45, 2.75) is 20.1 Å². The molecule has 0 saturated carbocycles. The number of ether oxygens (including phenoxy) is 1. The van der Waals surface area contributed by atoms with Gasteiger partial charge in [-0.15, -0.1) is 0 Å². The minimum atomic E-state index is -0.264. The first kappa shape index (κ1) is 17.9. The number of furan rings is 1. The maximum Gasteiger partial charge on any atom is 0.287 e. The van der Waals surface area contributed by atoms with Gasteiger partial charge < -0.3 is 14.5 Å². The highest BCUT2D eigenvalue weighted by molar-refractivity contribution is 5.91. The Morgan fingerprint density at radius 3 is 2.79 bits per heavy atom. The van der Waals surface area contributed by atoms with Gasteiger partial charge in [0.15, 0.2) is 5.76 Å². The van der Waals surface area contributed by atoms with Gasteiger partial charge in [-0.3, -0.25) is 9.48 Å². The second-order valence-electron chi connectivity index (χ2n) is 6.59. The second-order valence-corrected chi connectivity index (χ2v) is 6.59. The average molecular weight is 375 g/mol. The highest BCUT2D eigenvalue weighted by Gasteiger charge is 2.13. The average Bonchev–Trinajstić information content (AvgIpc) is 3.32. The summed E-state index contributed by atoms with van der Waals surface area (Å²) < 4.78 is 13.3. The van der Waals surface area contributed by atoms with Crippen LogP contribution in [0.15, 0.2) is 65.2 Å². The Morgan fingerprint density at radius 2 is 1.96 bits per heavy atom. The fourth-order valence-electron chi connectivity index (χ4n) is 3.03. The van der Waals surface area contributed by atoms with Crippen LogP contribution in [0.4, 0.5) is 0 Å². The molecule has 6 nitrogen and oxygen atoms in total. The molecule has 4 aromatic rings. The molecular formula is C22H21N3O3. The molecule has 0 aliphatic carbocycles. The van der Waals surface area contributed by atoms with E-state index in [-0.39, 0.29) is 18.3 Å². The molecule has 1 N–H and O–H groups in total. The molecule has 0 aliphatic rings. The molecule has 142 valence electrons. The van der Waals surface area contributed by atoms with Gasteiger partial charge >= 0.3 is 0 Å². The molecule has 1 amide bonds. The number of fused-ring (bicyclic) bond motifs is 1. The molecule has 2 aromatic heterocycles. The first-order chi connectivity index (χ1) is 13.6. The zero-order chi connectivity index (χ0) is 19.5. The minimum absolute atomic E-state index is 0.253. The van der Waals surface area contributed by atoms with Crippen LogP contribution in [0.1, 0.15) is 27.6 Å². The Labute approximate surface area is 162 Å². The first-order valence-electron chi connectivity index (χ1n) is 9.07. The molecule has 2 aromatic carbocycles. The lowest BCUT2D eigenvalue weighted by Gasteiger charge is -2.08. The van der Waals surface area contributed by atoms with Crippen LogP contribution < -0.4 is 10.1 Å². The third-order valence-corrected chi connectivity index (χ3v) is 4.78. The number of nitrogens with one attached hydrogen (secondary N) is 1. The van der Waals surface area contributed by atoms with Gasteiger partial charge in [0.25, 0.3) is 5.91 Å². The summed E-state index contributed by atoms with van der Waals surface area (Å²) >= 11 is 0. The van der Waals surface area contributed by atoms with Gasteiger partial charge in [0.2, 0.25) is 0 Å². The van der Waals surface area contributed by atoms with Crippen molar-refractivity contribution >= 4 is 16.7 Å². The number of carbonyl (C=O) groups is 1. The third kappa shape index (κ3) is 3.62. The van der Waals surface area contributed by atoms with Crippen molar-refractivity contribution in [3.8, 4) is 5.75 Å². The Kier molecular flexibility index (Phi) is 4.85. The molecule has 0 unspecified atom stereocenters. The lowest BCUT2D eigenvalue weighted by molar-refractivity contribution is 0.0919. The highest BCUT2D eigenvalue weighted by Crippen LogP contribution is 2.26. The number of aryl methyl sites for hydroxylation is 1. The number of hydrogen-bond donors (Lipinski definition) is 1. The van der Waals surface area contributed by atoms with Crippen molar-refractivity contribution in [1.29, 1.82) is 0 Å². The molecule has 0 aliphatic heterocycles. The molecule has 0 saturated heterocycles. The summed E-state index contributed by atoms with van der Waals surface area (Å²) in [4.78, 5) is 12.3. The van der Waals surface area contributed by atoms with E-state index in [9.17, 15) is 4.79 Å². The number of rotatable bonds is 6. The minimum Gasteiger partial charge on any atom is -0.485 e. The van der Waals surface area contributed by atoms with Crippen LogP contribution in [-0.2, 0) is 20.2 Å². The first-order valence-corrected chi connectivity index (χ1v) is 9.07. The zero-order valence-corrected chi connectivity index (χ0v) is 15.8. The molecule has 0 fully saturated rings. The van der Waals surface area contributed by atoms with Gasteiger partial charge in [0.1, 0.15) is 18.1 Å².